The quantitative estimate of drug-likeness (QED) is 0.778. The fourth-order valence-corrected chi connectivity index (χ4v) is 2.95. The van der Waals surface area contributed by atoms with Crippen LogP contribution in [0.2, 0.25) is 0 Å². The van der Waals surface area contributed by atoms with Crippen molar-refractivity contribution < 1.29 is 9.90 Å². The van der Waals surface area contributed by atoms with Gasteiger partial charge in [0.25, 0.3) is 0 Å². The van der Waals surface area contributed by atoms with E-state index < -0.39 is 11.5 Å². The number of carbonyl (C=O) groups is 1. The largest absolute Gasteiger partial charge is 0.480 e. The van der Waals surface area contributed by atoms with Crippen LogP contribution in [0.15, 0.2) is 0 Å². The second kappa shape index (κ2) is 5.36. The lowest BCUT2D eigenvalue weighted by molar-refractivity contribution is -0.152. The van der Waals surface area contributed by atoms with E-state index in [1.54, 1.807) is 0 Å². The lowest BCUT2D eigenvalue weighted by Crippen LogP contribution is -2.55. The number of rotatable bonds is 4. The standard InChI is InChI=1S/C13H24N2O2/c1-13(12(16)17,10-11-4-2-5-11)15-8-3-6-14-7-9-15/h11,14H,2-10H2,1H3,(H,16,17). The Morgan fingerprint density at radius 1 is 1.35 bits per heavy atom. The van der Waals surface area contributed by atoms with Crippen LogP contribution in [0, 0.1) is 5.92 Å². The van der Waals surface area contributed by atoms with E-state index in [0.29, 0.717) is 5.92 Å². The summed E-state index contributed by atoms with van der Waals surface area (Å²) in [6.07, 6.45) is 5.59. The van der Waals surface area contributed by atoms with Crippen molar-refractivity contribution >= 4 is 5.97 Å². The van der Waals surface area contributed by atoms with Crippen molar-refractivity contribution in [1.29, 1.82) is 0 Å². The molecular formula is C13H24N2O2. The molecule has 17 heavy (non-hydrogen) atoms. The molecule has 0 bridgehead atoms. The van der Waals surface area contributed by atoms with Gasteiger partial charge in [-0.3, -0.25) is 9.69 Å². The summed E-state index contributed by atoms with van der Waals surface area (Å²) in [5, 5.41) is 12.9. The molecule has 2 rings (SSSR count). The Balaban J connectivity index is 2.04. The first kappa shape index (κ1) is 12.8. The maximum Gasteiger partial charge on any atom is 0.323 e. The molecule has 98 valence electrons. The highest BCUT2D eigenvalue weighted by Gasteiger charge is 2.42. The molecule has 0 spiro atoms. The summed E-state index contributed by atoms with van der Waals surface area (Å²) in [5.74, 6) is -0.0152. The van der Waals surface area contributed by atoms with E-state index in [1.807, 2.05) is 6.92 Å². The van der Waals surface area contributed by atoms with Gasteiger partial charge in [0.15, 0.2) is 0 Å². The van der Waals surface area contributed by atoms with Crippen LogP contribution in [0.25, 0.3) is 0 Å². The molecule has 2 N–H and O–H groups in total. The molecule has 4 heteroatoms. The first-order valence-electron chi connectivity index (χ1n) is 6.82. The van der Waals surface area contributed by atoms with Gasteiger partial charge < -0.3 is 10.4 Å². The molecule has 1 unspecified atom stereocenters. The van der Waals surface area contributed by atoms with Crippen molar-refractivity contribution in [3.63, 3.8) is 0 Å². The average Bonchev–Trinajstić information content (AvgIpc) is 2.51. The Bertz CT molecular complexity index is 271. The molecule has 0 aromatic rings. The smallest absolute Gasteiger partial charge is 0.323 e. The molecule has 1 saturated heterocycles. The maximum absolute atomic E-state index is 11.6. The molecule has 0 aromatic heterocycles. The van der Waals surface area contributed by atoms with E-state index in [-0.39, 0.29) is 0 Å². The van der Waals surface area contributed by atoms with E-state index in [4.69, 9.17) is 0 Å². The molecule has 1 saturated carbocycles. The third kappa shape index (κ3) is 2.80. The molecule has 1 aliphatic heterocycles. The number of aliphatic carboxylic acids is 1. The molecule has 2 fully saturated rings. The monoisotopic (exact) mass is 240 g/mol. The topological polar surface area (TPSA) is 52.6 Å². The second-order valence-corrected chi connectivity index (χ2v) is 5.67. The van der Waals surface area contributed by atoms with Gasteiger partial charge in [0.2, 0.25) is 0 Å². The Labute approximate surface area is 103 Å². The lowest BCUT2D eigenvalue weighted by atomic mass is 9.76. The first-order chi connectivity index (χ1) is 8.13. The van der Waals surface area contributed by atoms with Crippen molar-refractivity contribution in [3.8, 4) is 0 Å². The van der Waals surface area contributed by atoms with Gasteiger partial charge >= 0.3 is 5.97 Å². The van der Waals surface area contributed by atoms with Crippen molar-refractivity contribution in [2.45, 2.75) is 44.6 Å². The highest BCUT2D eigenvalue weighted by Crippen LogP contribution is 2.36. The Kier molecular flexibility index (Phi) is 4.05. The second-order valence-electron chi connectivity index (χ2n) is 5.67. The van der Waals surface area contributed by atoms with E-state index in [1.165, 1.54) is 19.3 Å². The number of hydrogen-bond acceptors (Lipinski definition) is 3. The van der Waals surface area contributed by atoms with Gasteiger partial charge in [0, 0.05) is 19.6 Å². The third-order valence-corrected chi connectivity index (χ3v) is 4.41. The zero-order valence-corrected chi connectivity index (χ0v) is 10.7. The summed E-state index contributed by atoms with van der Waals surface area (Å²) >= 11 is 0. The summed E-state index contributed by atoms with van der Waals surface area (Å²) in [7, 11) is 0. The van der Waals surface area contributed by atoms with Gasteiger partial charge in [0.1, 0.15) is 5.54 Å². The minimum atomic E-state index is -0.656. The van der Waals surface area contributed by atoms with Gasteiger partial charge in [0.05, 0.1) is 0 Å². The van der Waals surface area contributed by atoms with E-state index >= 15 is 0 Å². The number of nitrogens with one attached hydrogen (secondary N) is 1. The zero-order chi connectivity index (χ0) is 12.3. The SMILES string of the molecule is CC(CC1CCC1)(C(=O)O)N1CCCNCC1. The molecule has 0 radical (unpaired) electrons. The van der Waals surface area contributed by atoms with E-state index in [2.05, 4.69) is 10.2 Å². The van der Waals surface area contributed by atoms with Crippen LogP contribution in [-0.4, -0.2) is 47.7 Å². The average molecular weight is 240 g/mol. The third-order valence-electron chi connectivity index (χ3n) is 4.41. The van der Waals surface area contributed by atoms with Crippen LogP contribution in [0.5, 0.6) is 0 Å². The van der Waals surface area contributed by atoms with Crippen LogP contribution in [0.3, 0.4) is 0 Å². The summed E-state index contributed by atoms with van der Waals surface area (Å²) in [6, 6.07) is 0. The fraction of sp³-hybridized carbons (Fsp3) is 0.923. The Hall–Kier alpha value is -0.610. The number of nitrogens with zero attached hydrogens (tertiary/aromatic N) is 1. The van der Waals surface area contributed by atoms with E-state index in [0.717, 1.165) is 39.0 Å². The first-order valence-corrected chi connectivity index (χ1v) is 6.82. The lowest BCUT2D eigenvalue weighted by Gasteiger charge is -2.41. The summed E-state index contributed by atoms with van der Waals surface area (Å²) in [6.45, 7) is 5.60. The predicted molar refractivity (Wildman–Crippen MR) is 67.1 cm³/mol. The van der Waals surface area contributed by atoms with Crippen molar-refractivity contribution in [3.05, 3.63) is 0 Å². The van der Waals surface area contributed by atoms with Crippen molar-refractivity contribution in [1.82, 2.24) is 10.2 Å². The van der Waals surface area contributed by atoms with Gasteiger partial charge in [-0.2, -0.15) is 0 Å². The minimum Gasteiger partial charge on any atom is -0.480 e. The summed E-state index contributed by atoms with van der Waals surface area (Å²) in [4.78, 5) is 13.8. The highest BCUT2D eigenvalue weighted by molar-refractivity contribution is 5.78. The normalized spacial score (nSPS) is 26.9. The maximum atomic E-state index is 11.6. The van der Waals surface area contributed by atoms with Gasteiger partial charge in [-0.05, 0) is 32.2 Å². The van der Waals surface area contributed by atoms with Crippen LogP contribution in [0.1, 0.15) is 39.0 Å². The van der Waals surface area contributed by atoms with Crippen molar-refractivity contribution in [2.24, 2.45) is 5.92 Å². The van der Waals surface area contributed by atoms with Gasteiger partial charge in [-0.1, -0.05) is 19.3 Å². The minimum absolute atomic E-state index is 0.632. The highest BCUT2D eigenvalue weighted by atomic mass is 16.4. The van der Waals surface area contributed by atoms with Gasteiger partial charge in [-0.25, -0.2) is 0 Å². The molecule has 0 amide bonds. The summed E-state index contributed by atoms with van der Waals surface area (Å²) < 4.78 is 0. The fourth-order valence-electron chi connectivity index (χ4n) is 2.95. The number of carboxylic acid groups (broad SMARTS) is 1. The Morgan fingerprint density at radius 3 is 2.71 bits per heavy atom. The Morgan fingerprint density at radius 2 is 2.12 bits per heavy atom. The molecule has 1 heterocycles. The molecule has 4 nitrogen and oxygen atoms in total. The van der Waals surface area contributed by atoms with Crippen LogP contribution < -0.4 is 5.32 Å². The van der Waals surface area contributed by atoms with Crippen LogP contribution >= 0.6 is 0 Å². The predicted octanol–water partition coefficient (Wildman–Crippen LogP) is 1.32. The zero-order valence-electron chi connectivity index (χ0n) is 10.7. The molecule has 1 aliphatic carbocycles. The number of carboxylic acids is 1. The summed E-state index contributed by atoms with van der Waals surface area (Å²) in [5.41, 5.74) is -0.656. The molecule has 2 aliphatic rings. The van der Waals surface area contributed by atoms with E-state index in [9.17, 15) is 9.90 Å². The molecule has 0 aromatic carbocycles. The number of hydrogen-bond donors (Lipinski definition) is 2. The molecule has 1 atom stereocenters. The van der Waals surface area contributed by atoms with Crippen LogP contribution in [-0.2, 0) is 4.79 Å². The molecular weight excluding hydrogens is 216 g/mol. The van der Waals surface area contributed by atoms with Crippen molar-refractivity contribution in [2.75, 3.05) is 26.2 Å². The van der Waals surface area contributed by atoms with Gasteiger partial charge in [-0.15, -0.1) is 0 Å². The van der Waals surface area contributed by atoms with Crippen LogP contribution in [0.4, 0.5) is 0 Å².